The molecule has 0 aliphatic carbocycles. The number of amides is 2. The van der Waals surface area contributed by atoms with E-state index in [1.54, 1.807) is 29.2 Å². The van der Waals surface area contributed by atoms with Crippen LogP contribution in [0.1, 0.15) is 11.1 Å². The van der Waals surface area contributed by atoms with E-state index >= 15 is 0 Å². The Kier molecular flexibility index (Phi) is 6.15. The van der Waals surface area contributed by atoms with E-state index in [4.69, 9.17) is 0 Å². The summed E-state index contributed by atoms with van der Waals surface area (Å²) in [5.74, 6) is 0.0832. The Hall–Kier alpha value is -2.40. The van der Waals surface area contributed by atoms with E-state index in [9.17, 15) is 9.90 Å². The van der Waals surface area contributed by atoms with Crippen LogP contribution in [0.25, 0.3) is 0 Å². The number of urea groups is 1. The quantitative estimate of drug-likeness (QED) is 0.800. The fraction of sp³-hybridized carbons (Fsp3) is 0.316. The molecule has 2 aromatic rings. The van der Waals surface area contributed by atoms with E-state index in [-0.39, 0.29) is 24.2 Å². The second-order valence-corrected chi connectivity index (χ2v) is 6.14. The first-order valence-electron chi connectivity index (χ1n) is 8.21. The summed E-state index contributed by atoms with van der Waals surface area (Å²) in [5, 5.41) is 12.5. The summed E-state index contributed by atoms with van der Waals surface area (Å²) in [4.78, 5) is 16.5. The Bertz CT molecular complexity index is 743. The van der Waals surface area contributed by atoms with Crippen LogP contribution in [0, 0.1) is 13.8 Å². The topological polar surface area (TPSA) is 55.8 Å². The Morgan fingerprint density at radius 1 is 1.00 bits per heavy atom. The maximum atomic E-state index is 12.4. The van der Waals surface area contributed by atoms with Gasteiger partial charge in [0, 0.05) is 31.9 Å². The monoisotopic (exact) mass is 361 g/mol. The highest BCUT2D eigenvalue weighted by Crippen LogP contribution is 2.25. The highest BCUT2D eigenvalue weighted by Gasteiger charge is 2.22. The molecule has 25 heavy (non-hydrogen) atoms. The van der Waals surface area contributed by atoms with Crippen molar-refractivity contribution in [2.45, 2.75) is 13.8 Å². The number of hydrogen-bond donors (Lipinski definition) is 2. The van der Waals surface area contributed by atoms with E-state index in [0.29, 0.717) is 18.8 Å². The van der Waals surface area contributed by atoms with Crippen molar-refractivity contribution in [3.8, 4) is 5.75 Å². The number of halogens is 1. The van der Waals surface area contributed by atoms with Gasteiger partial charge in [0.2, 0.25) is 0 Å². The van der Waals surface area contributed by atoms with Gasteiger partial charge in [-0.25, -0.2) is 4.79 Å². The second kappa shape index (κ2) is 8.12. The number of carbonyl (C=O) groups is 1. The molecule has 134 valence electrons. The lowest BCUT2D eigenvalue weighted by molar-refractivity contribution is 0.208. The first kappa shape index (κ1) is 18.9. The standard InChI is InChI=1S/C19H23N3O2.ClH/c1-14-6-5-8-17(15(14)2)21-10-12-22(13-11-21)19(24)20-16-7-3-4-9-18(16)23;/h3-9,23H,10-13H2,1-2H3,(H,20,24);1H. The number of aromatic hydroxyl groups is 1. The molecular formula is C19H24ClN3O2. The van der Waals surface area contributed by atoms with Crippen molar-refractivity contribution in [1.29, 1.82) is 0 Å². The van der Waals surface area contributed by atoms with E-state index < -0.39 is 0 Å². The maximum absolute atomic E-state index is 12.4. The molecule has 6 heteroatoms. The molecule has 5 nitrogen and oxygen atoms in total. The van der Waals surface area contributed by atoms with Crippen molar-refractivity contribution in [3.05, 3.63) is 53.6 Å². The van der Waals surface area contributed by atoms with Gasteiger partial charge in [0.1, 0.15) is 5.75 Å². The number of benzene rings is 2. The minimum absolute atomic E-state index is 0. The minimum atomic E-state index is -0.169. The van der Waals surface area contributed by atoms with Crippen molar-refractivity contribution in [2.24, 2.45) is 0 Å². The molecule has 0 aromatic heterocycles. The van der Waals surface area contributed by atoms with E-state index in [0.717, 1.165) is 13.1 Å². The van der Waals surface area contributed by atoms with Crippen LogP contribution in [-0.2, 0) is 0 Å². The molecule has 1 aliphatic rings. The van der Waals surface area contributed by atoms with Gasteiger partial charge in [-0.2, -0.15) is 0 Å². The molecule has 1 heterocycles. The summed E-state index contributed by atoms with van der Waals surface area (Å²) in [5.41, 5.74) is 4.27. The van der Waals surface area contributed by atoms with Crippen LogP contribution in [0.3, 0.4) is 0 Å². The number of anilines is 2. The maximum Gasteiger partial charge on any atom is 0.322 e. The predicted octanol–water partition coefficient (Wildman–Crippen LogP) is 3.78. The van der Waals surface area contributed by atoms with E-state index in [1.165, 1.54) is 16.8 Å². The third-order valence-electron chi connectivity index (χ3n) is 4.63. The third kappa shape index (κ3) is 4.17. The number of nitrogens with one attached hydrogen (secondary N) is 1. The normalized spacial score (nSPS) is 14.0. The SMILES string of the molecule is Cc1cccc(N2CCN(C(=O)Nc3ccccc3O)CC2)c1C.Cl. The van der Waals surface area contributed by atoms with Crippen LogP contribution in [0.4, 0.5) is 16.2 Å². The molecular weight excluding hydrogens is 338 g/mol. The molecule has 0 bridgehead atoms. The number of para-hydroxylation sites is 2. The van der Waals surface area contributed by atoms with Crippen LogP contribution >= 0.6 is 12.4 Å². The van der Waals surface area contributed by atoms with Crippen molar-refractivity contribution in [2.75, 3.05) is 36.4 Å². The zero-order valence-corrected chi connectivity index (χ0v) is 15.3. The number of rotatable bonds is 2. The van der Waals surface area contributed by atoms with Gasteiger partial charge in [0.15, 0.2) is 0 Å². The van der Waals surface area contributed by atoms with Crippen molar-refractivity contribution in [1.82, 2.24) is 4.90 Å². The molecule has 0 spiro atoms. The smallest absolute Gasteiger partial charge is 0.322 e. The Balaban J connectivity index is 0.00000225. The Labute approximate surface area is 154 Å². The molecule has 3 rings (SSSR count). The first-order valence-corrected chi connectivity index (χ1v) is 8.21. The van der Waals surface area contributed by atoms with Gasteiger partial charge in [0.25, 0.3) is 0 Å². The summed E-state index contributed by atoms with van der Waals surface area (Å²) >= 11 is 0. The summed E-state index contributed by atoms with van der Waals surface area (Å²) in [7, 11) is 0. The number of phenols is 1. The molecule has 2 aromatic carbocycles. The summed E-state index contributed by atoms with van der Waals surface area (Å²) in [6, 6.07) is 12.9. The number of nitrogens with zero attached hydrogens (tertiary/aromatic N) is 2. The lowest BCUT2D eigenvalue weighted by Crippen LogP contribution is -2.50. The van der Waals surface area contributed by atoms with Crippen LogP contribution in [0.5, 0.6) is 5.75 Å². The number of carbonyl (C=O) groups excluding carboxylic acids is 1. The first-order chi connectivity index (χ1) is 11.6. The number of piperazine rings is 1. The molecule has 2 N–H and O–H groups in total. The molecule has 0 atom stereocenters. The molecule has 0 unspecified atom stereocenters. The Morgan fingerprint density at radius 2 is 1.68 bits per heavy atom. The molecule has 0 radical (unpaired) electrons. The molecule has 0 saturated carbocycles. The fourth-order valence-electron chi connectivity index (χ4n) is 3.00. The third-order valence-corrected chi connectivity index (χ3v) is 4.63. The second-order valence-electron chi connectivity index (χ2n) is 6.14. The van der Waals surface area contributed by atoms with Gasteiger partial charge in [0.05, 0.1) is 5.69 Å². The minimum Gasteiger partial charge on any atom is -0.506 e. The van der Waals surface area contributed by atoms with Crippen molar-refractivity contribution >= 4 is 29.8 Å². The van der Waals surface area contributed by atoms with Crippen molar-refractivity contribution in [3.63, 3.8) is 0 Å². The van der Waals surface area contributed by atoms with E-state index in [1.807, 2.05) is 0 Å². The average Bonchev–Trinajstić information content (AvgIpc) is 2.59. The van der Waals surface area contributed by atoms with Crippen LogP contribution < -0.4 is 10.2 Å². The highest BCUT2D eigenvalue weighted by molar-refractivity contribution is 5.91. The summed E-state index contributed by atoms with van der Waals surface area (Å²) in [6.07, 6.45) is 0. The lowest BCUT2D eigenvalue weighted by atomic mass is 10.1. The van der Waals surface area contributed by atoms with Gasteiger partial charge in [-0.05, 0) is 43.2 Å². The summed E-state index contributed by atoms with van der Waals surface area (Å²) in [6.45, 7) is 7.19. The van der Waals surface area contributed by atoms with Gasteiger partial charge < -0.3 is 20.2 Å². The highest BCUT2D eigenvalue weighted by atomic mass is 35.5. The number of hydrogen-bond acceptors (Lipinski definition) is 3. The average molecular weight is 362 g/mol. The van der Waals surface area contributed by atoms with Gasteiger partial charge in [-0.1, -0.05) is 24.3 Å². The zero-order chi connectivity index (χ0) is 17.1. The number of phenolic OH excluding ortho intramolecular Hbond substituents is 1. The molecule has 1 aliphatic heterocycles. The Morgan fingerprint density at radius 3 is 2.36 bits per heavy atom. The van der Waals surface area contributed by atoms with Gasteiger partial charge in [-0.3, -0.25) is 0 Å². The van der Waals surface area contributed by atoms with Crippen LogP contribution in [-0.4, -0.2) is 42.2 Å². The molecule has 1 saturated heterocycles. The fourth-order valence-corrected chi connectivity index (χ4v) is 3.00. The number of aryl methyl sites for hydroxylation is 1. The molecule has 2 amide bonds. The zero-order valence-electron chi connectivity index (χ0n) is 14.5. The largest absolute Gasteiger partial charge is 0.506 e. The van der Waals surface area contributed by atoms with Crippen LogP contribution in [0.2, 0.25) is 0 Å². The van der Waals surface area contributed by atoms with Crippen molar-refractivity contribution < 1.29 is 9.90 Å². The van der Waals surface area contributed by atoms with Gasteiger partial charge >= 0.3 is 6.03 Å². The lowest BCUT2D eigenvalue weighted by Gasteiger charge is -2.37. The van der Waals surface area contributed by atoms with Crippen LogP contribution in [0.15, 0.2) is 42.5 Å². The molecule has 1 fully saturated rings. The van der Waals surface area contributed by atoms with Gasteiger partial charge in [-0.15, -0.1) is 12.4 Å². The summed E-state index contributed by atoms with van der Waals surface area (Å²) < 4.78 is 0. The predicted molar refractivity (Wildman–Crippen MR) is 104 cm³/mol. The van der Waals surface area contributed by atoms with E-state index in [2.05, 4.69) is 42.3 Å².